The SMILES string of the molecule is CN1CCC(NC(=O)c2cc(C#CCCO)ccc2F)C1. The van der Waals surface area contributed by atoms with E-state index in [0.717, 1.165) is 19.5 Å². The van der Waals surface area contributed by atoms with Crippen LogP contribution in [0.5, 0.6) is 0 Å². The Morgan fingerprint density at radius 1 is 1.57 bits per heavy atom. The summed E-state index contributed by atoms with van der Waals surface area (Å²) in [5.74, 6) is 4.61. The van der Waals surface area contributed by atoms with E-state index >= 15 is 0 Å². The van der Waals surface area contributed by atoms with Crippen molar-refractivity contribution in [3.63, 3.8) is 0 Å². The molecule has 1 amide bonds. The maximum atomic E-state index is 13.8. The van der Waals surface area contributed by atoms with Gasteiger partial charge in [-0.05, 0) is 38.2 Å². The van der Waals surface area contributed by atoms with Gasteiger partial charge in [0, 0.05) is 24.6 Å². The molecule has 1 aliphatic rings. The van der Waals surface area contributed by atoms with Gasteiger partial charge in [0.15, 0.2) is 0 Å². The molecule has 1 atom stereocenters. The van der Waals surface area contributed by atoms with Crippen molar-refractivity contribution in [2.45, 2.75) is 18.9 Å². The summed E-state index contributed by atoms with van der Waals surface area (Å²) in [5.41, 5.74) is 0.582. The van der Waals surface area contributed by atoms with Crippen LogP contribution in [0.4, 0.5) is 4.39 Å². The van der Waals surface area contributed by atoms with E-state index in [1.54, 1.807) is 0 Å². The monoisotopic (exact) mass is 290 g/mol. The van der Waals surface area contributed by atoms with Crippen LogP contribution in [-0.2, 0) is 0 Å². The summed E-state index contributed by atoms with van der Waals surface area (Å²) >= 11 is 0. The molecule has 0 bridgehead atoms. The number of nitrogens with zero attached hydrogens (tertiary/aromatic N) is 1. The number of benzene rings is 1. The van der Waals surface area contributed by atoms with Crippen LogP contribution in [0.1, 0.15) is 28.8 Å². The Hall–Kier alpha value is -1.90. The fourth-order valence-corrected chi connectivity index (χ4v) is 2.31. The molecule has 0 aromatic heterocycles. The van der Waals surface area contributed by atoms with Crippen LogP contribution in [0.3, 0.4) is 0 Å². The van der Waals surface area contributed by atoms with E-state index in [9.17, 15) is 9.18 Å². The lowest BCUT2D eigenvalue weighted by molar-refractivity contribution is 0.0934. The Morgan fingerprint density at radius 2 is 2.38 bits per heavy atom. The second-order valence-electron chi connectivity index (χ2n) is 5.19. The lowest BCUT2D eigenvalue weighted by Gasteiger charge is -2.13. The average molecular weight is 290 g/mol. The van der Waals surface area contributed by atoms with E-state index in [2.05, 4.69) is 22.1 Å². The number of aliphatic hydroxyl groups excluding tert-OH is 1. The van der Waals surface area contributed by atoms with Crippen LogP contribution in [0.15, 0.2) is 18.2 Å². The van der Waals surface area contributed by atoms with E-state index in [4.69, 9.17) is 5.11 Å². The third kappa shape index (κ3) is 4.28. The van der Waals surface area contributed by atoms with E-state index < -0.39 is 11.7 Å². The van der Waals surface area contributed by atoms with Gasteiger partial charge in [-0.15, -0.1) is 0 Å². The van der Waals surface area contributed by atoms with Crippen molar-refractivity contribution in [3.8, 4) is 11.8 Å². The maximum Gasteiger partial charge on any atom is 0.254 e. The van der Waals surface area contributed by atoms with Gasteiger partial charge in [-0.1, -0.05) is 11.8 Å². The largest absolute Gasteiger partial charge is 0.395 e. The van der Waals surface area contributed by atoms with Crippen LogP contribution in [-0.4, -0.2) is 48.7 Å². The van der Waals surface area contributed by atoms with Crippen molar-refractivity contribution in [1.82, 2.24) is 10.2 Å². The minimum Gasteiger partial charge on any atom is -0.395 e. The first kappa shape index (κ1) is 15.5. The molecule has 5 heteroatoms. The third-order valence-corrected chi connectivity index (χ3v) is 3.41. The molecule has 1 saturated heterocycles. The van der Waals surface area contributed by atoms with E-state index in [1.165, 1.54) is 18.2 Å². The van der Waals surface area contributed by atoms with Gasteiger partial charge in [-0.3, -0.25) is 4.79 Å². The highest BCUT2D eigenvalue weighted by atomic mass is 19.1. The number of halogens is 1. The molecule has 2 rings (SSSR count). The first-order valence-electron chi connectivity index (χ1n) is 6.99. The van der Waals surface area contributed by atoms with Crippen molar-refractivity contribution in [1.29, 1.82) is 0 Å². The van der Waals surface area contributed by atoms with Gasteiger partial charge in [-0.25, -0.2) is 4.39 Å². The minimum absolute atomic E-state index is 0.0142. The Labute approximate surface area is 124 Å². The molecule has 1 aromatic carbocycles. The average Bonchev–Trinajstić information content (AvgIpc) is 2.86. The fraction of sp³-hybridized carbons (Fsp3) is 0.438. The van der Waals surface area contributed by atoms with Gasteiger partial charge in [0.25, 0.3) is 5.91 Å². The Balaban J connectivity index is 2.09. The first-order valence-corrected chi connectivity index (χ1v) is 6.99. The zero-order chi connectivity index (χ0) is 15.2. The Bertz CT molecular complexity index is 577. The van der Waals surface area contributed by atoms with Crippen molar-refractivity contribution in [3.05, 3.63) is 35.1 Å². The van der Waals surface area contributed by atoms with Crippen LogP contribution in [0, 0.1) is 17.7 Å². The molecule has 1 unspecified atom stereocenters. The fourth-order valence-electron chi connectivity index (χ4n) is 2.31. The summed E-state index contributed by atoms with van der Waals surface area (Å²) in [4.78, 5) is 14.3. The highest BCUT2D eigenvalue weighted by Gasteiger charge is 2.22. The third-order valence-electron chi connectivity index (χ3n) is 3.41. The Kier molecular flexibility index (Phi) is 5.32. The zero-order valence-electron chi connectivity index (χ0n) is 12.0. The normalized spacial score (nSPS) is 18.1. The second kappa shape index (κ2) is 7.21. The number of amides is 1. The van der Waals surface area contributed by atoms with Gasteiger partial charge in [-0.2, -0.15) is 0 Å². The van der Waals surface area contributed by atoms with Crippen molar-refractivity contribution >= 4 is 5.91 Å². The molecule has 1 fully saturated rings. The summed E-state index contributed by atoms with van der Waals surface area (Å²) in [6.07, 6.45) is 1.23. The van der Waals surface area contributed by atoms with Crippen molar-refractivity contribution < 1.29 is 14.3 Å². The maximum absolute atomic E-state index is 13.8. The van der Waals surface area contributed by atoms with E-state index in [-0.39, 0.29) is 18.2 Å². The number of likely N-dealkylation sites (tertiary alicyclic amines) is 1. The van der Waals surface area contributed by atoms with Crippen molar-refractivity contribution in [2.24, 2.45) is 0 Å². The van der Waals surface area contributed by atoms with E-state index in [1.807, 2.05) is 7.05 Å². The first-order chi connectivity index (χ1) is 10.1. The molecule has 21 heavy (non-hydrogen) atoms. The van der Waals surface area contributed by atoms with Crippen LogP contribution >= 0.6 is 0 Å². The number of carbonyl (C=O) groups is 1. The van der Waals surface area contributed by atoms with Gasteiger partial charge >= 0.3 is 0 Å². The molecule has 1 heterocycles. The van der Waals surface area contributed by atoms with Gasteiger partial charge < -0.3 is 15.3 Å². The zero-order valence-corrected chi connectivity index (χ0v) is 12.0. The van der Waals surface area contributed by atoms with Crippen molar-refractivity contribution in [2.75, 3.05) is 26.7 Å². The summed E-state index contributed by atoms with van der Waals surface area (Å²) in [6.45, 7) is 1.69. The van der Waals surface area contributed by atoms with Gasteiger partial charge in [0.2, 0.25) is 0 Å². The molecule has 2 N–H and O–H groups in total. The molecule has 1 aromatic rings. The number of nitrogens with one attached hydrogen (secondary N) is 1. The highest BCUT2D eigenvalue weighted by Crippen LogP contribution is 2.12. The predicted molar refractivity (Wildman–Crippen MR) is 78.3 cm³/mol. The van der Waals surface area contributed by atoms with Crippen LogP contribution in [0.25, 0.3) is 0 Å². The number of rotatable bonds is 3. The number of carbonyl (C=O) groups excluding carboxylic acids is 1. The summed E-state index contributed by atoms with van der Waals surface area (Å²) in [5, 5.41) is 11.5. The molecule has 0 saturated carbocycles. The van der Waals surface area contributed by atoms with Crippen LogP contribution in [0.2, 0.25) is 0 Å². The van der Waals surface area contributed by atoms with Gasteiger partial charge in [0.05, 0.1) is 12.2 Å². The number of aliphatic hydroxyl groups is 1. The summed E-state index contributed by atoms with van der Waals surface area (Å²) in [6, 6.07) is 4.29. The highest BCUT2D eigenvalue weighted by molar-refractivity contribution is 5.95. The number of hydrogen-bond acceptors (Lipinski definition) is 3. The Morgan fingerprint density at radius 3 is 3.05 bits per heavy atom. The molecule has 0 aliphatic carbocycles. The quantitative estimate of drug-likeness (QED) is 0.816. The standard InChI is InChI=1S/C16H19FN2O2/c1-19-8-7-13(11-19)18-16(21)14-10-12(4-2-3-9-20)5-6-15(14)17/h5-6,10,13,20H,3,7-9,11H2,1H3,(H,18,21). The molecule has 4 nitrogen and oxygen atoms in total. The molecule has 0 radical (unpaired) electrons. The lowest BCUT2D eigenvalue weighted by atomic mass is 10.1. The molecule has 1 aliphatic heterocycles. The number of hydrogen-bond donors (Lipinski definition) is 2. The summed E-state index contributed by atoms with van der Waals surface area (Å²) in [7, 11) is 1.99. The number of likely N-dealkylation sites (N-methyl/N-ethyl adjacent to an activating group) is 1. The topological polar surface area (TPSA) is 52.6 Å². The molecule has 112 valence electrons. The minimum atomic E-state index is -0.549. The van der Waals surface area contributed by atoms with Gasteiger partial charge in [0.1, 0.15) is 5.82 Å². The van der Waals surface area contributed by atoms with Crippen LogP contribution < -0.4 is 5.32 Å². The molecular weight excluding hydrogens is 271 g/mol. The smallest absolute Gasteiger partial charge is 0.254 e. The lowest BCUT2D eigenvalue weighted by Crippen LogP contribution is -2.36. The van der Waals surface area contributed by atoms with E-state index in [0.29, 0.717) is 12.0 Å². The summed E-state index contributed by atoms with van der Waals surface area (Å²) < 4.78 is 13.8. The second-order valence-corrected chi connectivity index (χ2v) is 5.19. The molecule has 0 spiro atoms. The predicted octanol–water partition coefficient (Wildman–Crippen LogP) is 0.993. The molecular formula is C16H19FN2O2.